The Morgan fingerprint density at radius 2 is 1.70 bits per heavy atom. The van der Waals surface area contributed by atoms with E-state index in [4.69, 9.17) is 0 Å². The topological polar surface area (TPSA) is 83.1 Å². The first kappa shape index (κ1) is 16.5. The molecule has 1 aromatic heterocycles. The molecule has 120 valence electrons. The van der Waals surface area contributed by atoms with Crippen molar-refractivity contribution in [3.05, 3.63) is 53.7 Å². The molecule has 0 saturated carbocycles. The van der Waals surface area contributed by atoms with Gasteiger partial charge >= 0.3 is 6.03 Å². The van der Waals surface area contributed by atoms with Crippen LogP contribution < -0.4 is 16.0 Å². The van der Waals surface area contributed by atoms with E-state index in [0.717, 1.165) is 5.69 Å². The third-order valence-electron chi connectivity index (χ3n) is 2.95. The van der Waals surface area contributed by atoms with Crippen LogP contribution in [-0.2, 0) is 0 Å². The van der Waals surface area contributed by atoms with Crippen LogP contribution in [0.4, 0.5) is 16.3 Å². The van der Waals surface area contributed by atoms with Gasteiger partial charge in [-0.1, -0.05) is 6.07 Å². The van der Waals surface area contributed by atoms with Crippen molar-refractivity contribution in [3.63, 3.8) is 0 Å². The molecule has 0 atom stereocenters. The molecule has 6 heteroatoms. The van der Waals surface area contributed by atoms with Gasteiger partial charge in [-0.15, -0.1) is 0 Å². The highest BCUT2D eigenvalue weighted by atomic mass is 16.2. The summed E-state index contributed by atoms with van der Waals surface area (Å²) in [7, 11) is 0. The highest BCUT2D eigenvalue weighted by Crippen LogP contribution is 2.12. The first-order valence-corrected chi connectivity index (χ1v) is 7.36. The molecule has 3 amide bonds. The molecule has 0 spiro atoms. The molecule has 0 aliphatic carbocycles. The maximum atomic E-state index is 12.2. The minimum absolute atomic E-state index is 0.0573. The number of nitrogens with one attached hydrogen (secondary N) is 3. The van der Waals surface area contributed by atoms with Gasteiger partial charge in [-0.25, -0.2) is 9.78 Å². The van der Waals surface area contributed by atoms with E-state index in [1.165, 1.54) is 0 Å². The summed E-state index contributed by atoms with van der Waals surface area (Å²) < 4.78 is 0. The van der Waals surface area contributed by atoms with Gasteiger partial charge in [0.15, 0.2) is 0 Å². The fourth-order valence-electron chi connectivity index (χ4n) is 1.94. The van der Waals surface area contributed by atoms with Crippen molar-refractivity contribution in [2.45, 2.75) is 26.8 Å². The summed E-state index contributed by atoms with van der Waals surface area (Å²) in [6.07, 6.45) is 0. The van der Waals surface area contributed by atoms with Crippen molar-refractivity contribution in [1.82, 2.24) is 10.3 Å². The molecule has 0 unspecified atom stereocenters. The normalized spacial score (nSPS) is 10.3. The predicted octanol–water partition coefficient (Wildman–Crippen LogP) is 3.17. The van der Waals surface area contributed by atoms with Crippen molar-refractivity contribution in [3.8, 4) is 0 Å². The average molecular weight is 312 g/mol. The molecule has 1 heterocycles. The molecular weight excluding hydrogens is 292 g/mol. The number of hydrogen-bond acceptors (Lipinski definition) is 3. The van der Waals surface area contributed by atoms with Gasteiger partial charge in [-0.2, -0.15) is 0 Å². The number of carbonyl (C=O) groups is 2. The predicted molar refractivity (Wildman–Crippen MR) is 90.7 cm³/mol. The second kappa shape index (κ2) is 7.40. The maximum absolute atomic E-state index is 12.2. The molecular formula is C17H20N4O2. The highest BCUT2D eigenvalue weighted by molar-refractivity contribution is 6.04. The minimum atomic E-state index is -0.277. The molecule has 23 heavy (non-hydrogen) atoms. The van der Waals surface area contributed by atoms with E-state index in [1.54, 1.807) is 30.3 Å². The molecule has 0 saturated heterocycles. The van der Waals surface area contributed by atoms with E-state index in [0.29, 0.717) is 17.1 Å². The summed E-state index contributed by atoms with van der Waals surface area (Å²) in [5, 5.41) is 8.17. The Morgan fingerprint density at radius 1 is 1.00 bits per heavy atom. The summed E-state index contributed by atoms with van der Waals surface area (Å²) in [6.45, 7) is 5.62. The van der Waals surface area contributed by atoms with Gasteiger partial charge in [0.05, 0.1) is 0 Å². The van der Waals surface area contributed by atoms with Crippen LogP contribution in [0.25, 0.3) is 0 Å². The van der Waals surface area contributed by atoms with Crippen molar-refractivity contribution in [2.75, 3.05) is 10.6 Å². The van der Waals surface area contributed by atoms with Gasteiger partial charge < -0.3 is 16.0 Å². The van der Waals surface area contributed by atoms with E-state index in [-0.39, 0.29) is 18.0 Å². The van der Waals surface area contributed by atoms with Gasteiger partial charge in [0.2, 0.25) is 0 Å². The Bertz CT molecular complexity index is 696. The molecule has 2 rings (SSSR count). The van der Waals surface area contributed by atoms with Crippen LogP contribution in [0.3, 0.4) is 0 Å². The Kier molecular flexibility index (Phi) is 5.30. The number of carbonyl (C=O) groups excluding carboxylic acids is 2. The molecule has 3 N–H and O–H groups in total. The van der Waals surface area contributed by atoms with Gasteiger partial charge in [0.1, 0.15) is 5.82 Å². The lowest BCUT2D eigenvalue weighted by molar-refractivity contribution is 0.102. The van der Waals surface area contributed by atoms with Crippen LogP contribution in [0, 0.1) is 6.92 Å². The van der Waals surface area contributed by atoms with E-state index in [2.05, 4.69) is 20.9 Å². The smallest absolute Gasteiger partial charge is 0.319 e. The Hall–Kier alpha value is -2.89. The second-order valence-electron chi connectivity index (χ2n) is 5.45. The lowest BCUT2D eigenvalue weighted by Gasteiger charge is -2.10. The summed E-state index contributed by atoms with van der Waals surface area (Å²) in [6, 6.07) is 11.9. The first-order chi connectivity index (χ1) is 10.9. The molecule has 6 nitrogen and oxygen atoms in total. The molecule has 0 radical (unpaired) electrons. The number of rotatable bonds is 4. The van der Waals surface area contributed by atoms with Crippen molar-refractivity contribution in [1.29, 1.82) is 0 Å². The van der Waals surface area contributed by atoms with Crippen LogP contribution >= 0.6 is 0 Å². The zero-order valence-corrected chi connectivity index (χ0v) is 13.4. The van der Waals surface area contributed by atoms with E-state index >= 15 is 0 Å². The number of aryl methyl sites for hydroxylation is 1. The van der Waals surface area contributed by atoms with Crippen LogP contribution in [0.1, 0.15) is 29.9 Å². The summed E-state index contributed by atoms with van der Waals surface area (Å²) in [4.78, 5) is 28.0. The number of anilines is 2. The largest absolute Gasteiger partial charge is 0.336 e. The SMILES string of the molecule is Cc1cccc(NC(=O)c2ccc(NC(=O)NC(C)C)cc2)n1. The third-order valence-corrected chi connectivity index (χ3v) is 2.95. The zero-order valence-electron chi connectivity index (χ0n) is 13.4. The second-order valence-corrected chi connectivity index (χ2v) is 5.45. The monoisotopic (exact) mass is 312 g/mol. The molecule has 0 aliphatic rings. The summed E-state index contributed by atoms with van der Waals surface area (Å²) in [5.74, 6) is 0.259. The fourth-order valence-corrected chi connectivity index (χ4v) is 1.94. The highest BCUT2D eigenvalue weighted by Gasteiger charge is 2.08. The number of amides is 3. The maximum Gasteiger partial charge on any atom is 0.319 e. The van der Waals surface area contributed by atoms with E-state index < -0.39 is 0 Å². The molecule has 0 fully saturated rings. The van der Waals surface area contributed by atoms with Crippen molar-refractivity contribution < 1.29 is 9.59 Å². The zero-order chi connectivity index (χ0) is 16.8. The Balaban J connectivity index is 1.98. The van der Waals surface area contributed by atoms with E-state index in [9.17, 15) is 9.59 Å². The first-order valence-electron chi connectivity index (χ1n) is 7.36. The molecule has 0 bridgehead atoms. The van der Waals surface area contributed by atoms with Crippen LogP contribution in [0.5, 0.6) is 0 Å². The number of nitrogens with zero attached hydrogens (tertiary/aromatic N) is 1. The van der Waals surface area contributed by atoms with Gasteiger partial charge in [0.25, 0.3) is 5.91 Å². The Labute approximate surface area is 135 Å². The fraction of sp³-hybridized carbons (Fsp3) is 0.235. The number of benzene rings is 1. The number of urea groups is 1. The lowest BCUT2D eigenvalue weighted by Crippen LogP contribution is -2.34. The summed E-state index contributed by atoms with van der Waals surface area (Å²) >= 11 is 0. The lowest BCUT2D eigenvalue weighted by atomic mass is 10.2. The number of aromatic nitrogens is 1. The van der Waals surface area contributed by atoms with Crippen molar-refractivity contribution >= 4 is 23.4 Å². The third kappa shape index (κ3) is 5.10. The average Bonchev–Trinajstić information content (AvgIpc) is 2.47. The number of hydrogen-bond donors (Lipinski definition) is 3. The van der Waals surface area contributed by atoms with Crippen LogP contribution in [0.2, 0.25) is 0 Å². The van der Waals surface area contributed by atoms with Crippen LogP contribution in [-0.4, -0.2) is 23.0 Å². The van der Waals surface area contributed by atoms with Gasteiger partial charge in [0, 0.05) is 23.0 Å². The standard InChI is InChI=1S/C17H20N4O2/c1-11(2)18-17(23)20-14-9-7-13(8-10-14)16(22)21-15-6-4-5-12(3)19-15/h4-11H,1-3H3,(H2,18,20,23)(H,19,21,22). The van der Waals surface area contributed by atoms with Crippen LogP contribution in [0.15, 0.2) is 42.5 Å². The summed E-state index contributed by atoms with van der Waals surface area (Å²) in [5.41, 5.74) is 1.94. The molecule has 2 aromatic rings. The van der Waals surface area contributed by atoms with E-state index in [1.807, 2.05) is 32.9 Å². The molecule has 1 aromatic carbocycles. The van der Waals surface area contributed by atoms with Crippen molar-refractivity contribution in [2.24, 2.45) is 0 Å². The minimum Gasteiger partial charge on any atom is -0.336 e. The number of pyridine rings is 1. The quantitative estimate of drug-likeness (QED) is 0.811. The Morgan fingerprint density at radius 3 is 2.30 bits per heavy atom. The molecule has 0 aliphatic heterocycles. The van der Waals surface area contributed by atoms with Gasteiger partial charge in [-0.3, -0.25) is 4.79 Å². The van der Waals surface area contributed by atoms with Gasteiger partial charge in [-0.05, 0) is 57.2 Å².